The third kappa shape index (κ3) is 5.69. The molecule has 5 nitrogen and oxygen atoms in total. The molecule has 0 saturated heterocycles. The van der Waals surface area contributed by atoms with Gasteiger partial charge in [-0.05, 0) is 17.7 Å². The third-order valence-corrected chi connectivity index (χ3v) is 2.66. The zero-order valence-electron chi connectivity index (χ0n) is 9.10. The fraction of sp³-hybridized carbons (Fsp3) is 0.400. The highest BCUT2D eigenvalue weighted by atomic mass is 32.2. The highest BCUT2D eigenvalue weighted by Gasteiger charge is 1.98. The summed E-state index contributed by atoms with van der Waals surface area (Å²) in [5.41, 5.74) is 1.04. The van der Waals surface area contributed by atoms with Crippen LogP contribution in [0, 0.1) is 0 Å². The summed E-state index contributed by atoms with van der Waals surface area (Å²) in [4.78, 5) is 0. The number of hydrogen-bond donors (Lipinski definition) is 3. The molecule has 6 heteroatoms. The first kappa shape index (κ1) is 13.0. The second-order valence-electron chi connectivity index (χ2n) is 3.51. The van der Waals surface area contributed by atoms with E-state index in [4.69, 9.17) is 5.11 Å². The van der Waals surface area contributed by atoms with Gasteiger partial charge in [0.2, 0.25) is 10.0 Å². The molecular weight excluding hydrogens is 228 g/mol. The fourth-order valence-corrected chi connectivity index (χ4v) is 1.64. The zero-order valence-corrected chi connectivity index (χ0v) is 9.92. The number of sulfonamides is 1. The third-order valence-electron chi connectivity index (χ3n) is 1.93. The molecule has 0 amide bonds. The van der Waals surface area contributed by atoms with Crippen molar-refractivity contribution >= 4 is 10.0 Å². The van der Waals surface area contributed by atoms with Gasteiger partial charge in [-0.15, -0.1) is 0 Å². The van der Waals surface area contributed by atoms with Gasteiger partial charge in [0.25, 0.3) is 0 Å². The minimum absolute atomic E-state index is 0.238. The van der Waals surface area contributed by atoms with E-state index in [1.165, 1.54) is 0 Å². The van der Waals surface area contributed by atoms with Crippen LogP contribution >= 0.6 is 0 Å². The largest absolute Gasteiger partial charge is 0.508 e. The fourth-order valence-electron chi connectivity index (χ4n) is 1.17. The molecule has 0 radical (unpaired) electrons. The van der Waals surface area contributed by atoms with Crippen molar-refractivity contribution in [1.29, 1.82) is 0 Å². The maximum absolute atomic E-state index is 10.7. The number of nitrogens with one attached hydrogen (secondary N) is 2. The Kier molecular flexibility index (Phi) is 4.72. The van der Waals surface area contributed by atoms with Crippen molar-refractivity contribution in [3.8, 4) is 5.75 Å². The first-order valence-electron chi connectivity index (χ1n) is 4.90. The molecule has 0 aliphatic carbocycles. The highest BCUT2D eigenvalue weighted by Crippen LogP contribution is 2.08. The van der Waals surface area contributed by atoms with E-state index in [0.29, 0.717) is 19.6 Å². The molecule has 0 aliphatic rings. The van der Waals surface area contributed by atoms with E-state index in [9.17, 15) is 8.42 Å². The summed E-state index contributed by atoms with van der Waals surface area (Å²) in [6.07, 6.45) is 1.13. The minimum atomic E-state index is -3.10. The molecule has 0 bridgehead atoms. The van der Waals surface area contributed by atoms with Gasteiger partial charge >= 0.3 is 0 Å². The Bertz CT molecular complexity index is 414. The van der Waals surface area contributed by atoms with Crippen molar-refractivity contribution in [3.05, 3.63) is 29.8 Å². The predicted molar refractivity (Wildman–Crippen MR) is 62.7 cm³/mol. The Morgan fingerprint density at radius 3 is 2.38 bits per heavy atom. The second kappa shape index (κ2) is 5.83. The summed E-state index contributed by atoms with van der Waals surface area (Å²) in [6.45, 7) is 1.58. The van der Waals surface area contributed by atoms with Crippen LogP contribution in [0.4, 0.5) is 0 Å². The van der Waals surface area contributed by atoms with Crippen LogP contribution in [0.25, 0.3) is 0 Å². The Morgan fingerprint density at radius 1 is 1.19 bits per heavy atom. The summed E-state index contributed by atoms with van der Waals surface area (Å²) in [5.74, 6) is 0.238. The summed E-state index contributed by atoms with van der Waals surface area (Å²) < 4.78 is 23.9. The van der Waals surface area contributed by atoms with Crippen molar-refractivity contribution in [2.24, 2.45) is 0 Å². The number of phenols is 1. The molecule has 0 spiro atoms. The molecule has 1 rings (SSSR count). The van der Waals surface area contributed by atoms with Crippen LogP contribution in [0.1, 0.15) is 5.56 Å². The molecule has 16 heavy (non-hydrogen) atoms. The molecular formula is C10H16N2O3S. The molecule has 0 atom stereocenters. The van der Waals surface area contributed by atoms with Crippen molar-refractivity contribution in [2.75, 3.05) is 19.3 Å². The van der Waals surface area contributed by atoms with Crippen molar-refractivity contribution in [2.45, 2.75) is 6.54 Å². The van der Waals surface area contributed by atoms with Crippen molar-refractivity contribution in [3.63, 3.8) is 0 Å². The normalized spacial score (nSPS) is 11.6. The zero-order chi connectivity index (χ0) is 12.0. The SMILES string of the molecule is CS(=O)(=O)NCCNCc1ccc(O)cc1. The van der Waals surface area contributed by atoms with Gasteiger partial charge in [-0.3, -0.25) is 0 Å². The molecule has 0 aliphatic heterocycles. The van der Waals surface area contributed by atoms with Gasteiger partial charge < -0.3 is 10.4 Å². The molecule has 0 heterocycles. The van der Waals surface area contributed by atoms with Crippen LogP contribution in [0.15, 0.2) is 24.3 Å². The number of phenolic OH excluding ortho intramolecular Hbond substituents is 1. The molecule has 3 N–H and O–H groups in total. The van der Waals surface area contributed by atoms with Crippen LogP contribution in [0.2, 0.25) is 0 Å². The number of aromatic hydroxyl groups is 1. The van der Waals surface area contributed by atoms with Gasteiger partial charge in [-0.1, -0.05) is 12.1 Å². The van der Waals surface area contributed by atoms with E-state index < -0.39 is 10.0 Å². The Morgan fingerprint density at radius 2 is 1.81 bits per heavy atom. The Labute approximate surface area is 95.5 Å². The van der Waals surface area contributed by atoms with Crippen LogP contribution in [-0.2, 0) is 16.6 Å². The van der Waals surface area contributed by atoms with Crippen LogP contribution < -0.4 is 10.0 Å². The van der Waals surface area contributed by atoms with E-state index in [2.05, 4.69) is 10.0 Å². The summed E-state index contributed by atoms with van der Waals surface area (Å²) in [6, 6.07) is 6.86. The Hall–Kier alpha value is -1.11. The van der Waals surface area contributed by atoms with Crippen LogP contribution in [-0.4, -0.2) is 32.9 Å². The molecule has 0 unspecified atom stereocenters. The quantitative estimate of drug-likeness (QED) is 0.617. The minimum Gasteiger partial charge on any atom is -0.508 e. The average molecular weight is 244 g/mol. The molecule has 90 valence electrons. The lowest BCUT2D eigenvalue weighted by Crippen LogP contribution is -2.30. The molecule has 0 aromatic heterocycles. The smallest absolute Gasteiger partial charge is 0.208 e. The second-order valence-corrected chi connectivity index (χ2v) is 5.34. The molecule has 0 saturated carbocycles. The number of benzene rings is 1. The lowest BCUT2D eigenvalue weighted by atomic mass is 10.2. The van der Waals surface area contributed by atoms with Gasteiger partial charge in [0.15, 0.2) is 0 Å². The standard InChI is InChI=1S/C10H16N2O3S/c1-16(14,15)12-7-6-11-8-9-2-4-10(13)5-3-9/h2-5,11-13H,6-8H2,1H3. The van der Waals surface area contributed by atoms with Crippen molar-refractivity contribution in [1.82, 2.24) is 10.0 Å². The van der Waals surface area contributed by atoms with Gasteiger partial charge in [-0.25, -0.2) is 13.1 Å². The van der Waals surface area contributed by atoms with Gasteiger partial charge in [-0.2, -0.15) is 0 Å². The maximum atomic E-state index is 10.7. The topological polar surface area (TPSA) is 78.4 Å². The van der Waals surface area contributed by atoms with Crippen LogP contribution in [0.3, 0.4) is 0 Å². The molecule has 0 fully saturated rings. The van der Waals surface area contributed by atoms with E-state index in [1.54, 1.807) is 12.1 Å². The van der Waals surface area contributed by atoms with Crippen LogP contribution in [0.5, 0.6) is 5.75 Å². The first-order chi connectivity index (χ1) is 7.47. The predicted octanol–water partition coefficient (Wildman–Crippen LogP) is 0.0310. The van der Waals surface area contributed by atoms with E-state index in [-0.39, 0.29) is 5.75 Å². The van der Waals surface area contributed by atoms with Gasteiger partial charge in [0.1, 0.15) is 5.75 Å². The summed E-state index contributed by atoms with van der Waals surface area (Å²) in [5, 5.41) is 12.1. The lowest BCUT2D eigenvalue weighted by molar-refractivity contribution is 0.475. The molecule has 1 aromatic rings. The summed E-state index contributed by atoms with van der Waals surface area (Å²) in [7, 11) is -3.10. The first-order valence-corrected chi connectivity index (χ1v) is 6.80. The molecule has 1 aromatic carbocycles. The number of hydrogen-bond acceptors (Lipinski definition) is 4. The highest BCUT2D eigenvalue weighted by molar-refractivity contribution is 7.88. The van der Waals surface area contributed by atoms with Gasteiger partial charge in [0.05, 0.1) is 6.26 Å². The van der Waals surface area contributed by atoms with E-state index in [0.717, 1.165) is 11.8 Å². The number of rotatable bonds is 6. The van der Waals surface area contributed by atoms with Gasteiger partial charge in [0, 0.05) is 19.6 Å². The monoisotopic (exact) mass is 244 g/mol. The van der Waals surface area contributed by atoms with E-state index >= 15 is 0 Å². The average Bonchev–Trinajstić information content (AvgIpc) is 2.19. The lowest BCUT2D eigenvalue weighted by Gasteiger charge is -2.05. The maximum Gasteiger partial charge on any atom is 0.208 e. The van der Waals surface area contributed by atoms with Crippen molar-refractivity contribution < 1.29 is 13.5 Å². The summed E-state index contributed by atoms with van der Waals surface area (Å²) >= 11 is 0. The van der Waals surface area contributed by atoms with E-state index in [1.807, 2.05) is 12.1 Å². The Balaban J connectivity index is 2.19.